The summed E-state index contributed by atoms with van der Waals surface area (Å²) in [6.45, 7) is 5.36. The Hall–Kier alpha value is -3.03. The van der Waals surface area contributed by atoms with E-state index in [4.69, 9.17) is 0 Å². The summed E-state index contributed by atoms with van der Waals surface area (Å²) in [6.07, 6.45) is 1.63. The average Bonchev–Trinajstić information content (AvgIpc) is 2.43. The Morgan fingerprint density at radius 3 is 2.86 bits per heavy atom. The number of non-ortho nitro benzene ring substituents is 1. The van der Waals surface area contributed by atoms with E-state index < -0.39 is 4.92 Å². The van der Waals surface area contributed by atoms with Gasteiger partial charge in [0.05, 0.1) is 10.4 Å². The highest BCUT2D eigenvalue weighted by molar-refractivity contribution is 5.94. The number of carbonyl (C=O) groups excluding carboxylic acids is 1. The Morgan fingerprint density at radius 2 is 2.24 bits per heavy atom. The van der Waals surface area contributed by atoms with Crippen LogP contribution in [0.15, 0.2) is 30.9 Å². The van der Waals surface area contributed by atoms with Gasteiger partial charge in [0.1, 0.15) is 5.82 Å². The van der Waals surface area contributed by atoms with E-state index in [-0.39, 0.29) is 17.5 Å². The van der Waals surface area contributed by atoms with Crippen LogP contribution in [0.5, 0.6) is 0 Å². The third-order valence-corrected chi connectivity index (χ3v) is 2.59. The molecule has 108 valence electrons. The topological polar surface area (TPSA) is 110 Å². The number of anilines is 2. The van der Waals surface area contributed by atoms with Crippen molar-refractivity contribution in [2.45, 2.75) is 6.92 Å². The lowest BCUT2D eigenvalue weighted by atomic mass is 10.2. The fourth-order valence-corrected chi connectivity index (χ4v) is 1.75. The minimum Gasteiger partial charge on any atom is -0.366 e. The van der Waals surface area contributed by atoms with E-state index in [0.717, 1.165) is 0 Å². The maximum absolute atomic E-state index is 11.1. The van der Waals surface area contributed by atoms with E-state index in [1.165, 1.54) is 25.1 Å². The molecule has 0 aliphatic rings. The number of fused-ring (bicyclic) bond motifs is 1. The Balaban J connectivity index is 2.58. The highest BCUT2D eigenvalue weighted by atomic mass is 16.6. The van der Waals surface area contributed by atoms with Crippen LogP contribution < -0.4 is 10.6 Å². The molecule has 21 heavy (non-hydrogen) atoms. The predicted octanol–water partition coefficient (Wildman–Crippen LogP) is 2.09. The van der Waals surface area contributed by atoms with Gasteiger partial charge < -0.3 is 5.32 Å². The van der Waals surface area contributed by atoms with E-state index in [1.807, 2.05) is 0 Å². The van der Waals surface area contributed by atoms with Crippen molar-refractivity contribution in [2.75, 3.05) is 17.2 Å². The first-order valence-corrected chi connectivity index (χ1v) is 6.10. The summed E-state index contributed by atoms with van der Waals surface area (Å²) in [6, 6.07) is 4.25. The van der Waals surface area contributed by atoms with Gasteiger partial charge in [0.2, 0.25) is 11.9 Å². The van der Waals surface area contributed by atoms with E-state index in [2.05, 4.69) is 27.2 Å². The second kappa shape index (κ2) is 5.95. The first kappa shape index (κ1) is 14.4. The summed E-state index contributed by atoms with van der Waals surface area (Å²) >= 11 is 0. The van der Waals surface area contributed by atoms with E-state index >= 15 is 0 Å². The summed E-state index contributed by atoms with van der Waals surface area (Å²) in [5.74, 6) is 0.230. The van der Waals surface area contributed by atoms with Crippen LogP contribution in [0.2, 0.25) is 0 Å². The normalized spacial score (nSPS) is 10.1. The molecule has 2 rings (SSSR count). The van der Waals surface area contributed by atoms with E-state index in [9.17, 15) is 14.9 Å². The van der Waals surface area contributed by atoms with Crippen molar-refractivity contribution in [3.05, 3.63) is 41.0 Å². The second-order valence-electron chi connectivity index (χ2n) is 4.21. The highest BCUT2D eigenvalue weighted by Gasteiger charge is 2.13. The SMILES string of the molecule is C=CCNc1nc(NC(C)=O)nc2ccc([N+](=O)[O-])cc12. The van der Waals surface area contributed by atoms with Gasteiger partial charge in [0.15, 0.2) is 0 Å². The maximum Gasteiger partial charge on any atom is 0.270 e. The van der Waals surface area contributed by atoms with Crippen LogP contribution in [0.3, 0.4) is 0 Å². The summed E-state index contributed by atoms with van der Waals surface area (Å²) in [4.78, 5) is 29.8. The molecule has 8 nitrogen and oxygen atoms in total. The molecule has 0 bridgehead atoms. The van der Waals surface area contributed by atoms with Crippen LogP contribution in [0.4, 0.5) is 17.5 Å². The third-order valence-electron chi connectivity index (χ3n) is 2.59. The van der Waals surface area contributed by atoms with Crippen LogP contribution in [0.25, 0.3) is 10.9 Å². The molecule has 0 saturated carbocycles. The lowest BCUT2D eigenvalue weighted by Crippen LogP contribution is -2.11. The summed E-state index contributed by atoms with van der Waals surface area (Å²) in [5.41, 5.74) is 0.436. The molecule has 1 aromatic heterocycles. The third kappa shape index (κ3) is 3.30. The Kier molecular flexibility index (Phi) is 4.07. The van der Waals surface area contributed by atoms with Gasteiger partial charge in [-0.1, -0.05) is 6.08 Å². The zero-order chi connectivity index (χ0) is 15.4. The number of hydrogen-bond acceptors (Lipinski definition) is 6. The van der Waals surface area contributed by atoms with Gasteiger partial charge in [0.25, 0.3) is 5.69 Å². The van der Waals surface area contributed by atoms with Crippen molar-refractivity contribution in [3.8, 4) is 0 Å². The molecule has 0 spiro atoms. The highest BCUT2D eigenvalue weighted by Crippen LogP contribution is 2.26. The lowest BCUT2D eigenvalue weighted by Gasteiger charge is -2.09. The molecule has 1 aromatic carbocycles. The molecule has 0 aliphatic carbocycles. The molecule has 0 atom stereocenters. The first-order valence-electron chi connectivity index (χ1n) is 6.10. The maximum atomic E-state index is 11.1. The second-order valence-corrected chi connectivity index (χ2v) is 4.21. The number of amides is 1. The van der Waals surface area contributed by atoms with E-state index in [1.54, 1.807) is 6.08 Å². The van der Waals surface area contributed by atoms with Gasteiger partial charge in [0, 0.05) is 31.0 Å². The fourth-order valence-electron chi connectivity index (χ4n) is 1.75. The number of hydrogen-bond donors (Lipinski definition) is 2. The number of carbonyl (C=O) groups is 1. The van der Waals surface area contributed by atoms with Gasteiger partial charge in [-0.2, -0.15) is 4.98 Å². The largest absolute Gasteiger partial charge is 0.366 e. The summed E-state index contributed by atoms with van der Waals surface area (Å²) < 4.78 is 0. The predicted molar refractivity (Wildman–Crippen MR) is 79.2 cm³/mol. The Labute approximate surface area is 120 Å². The van der Waals surface area contributed by atoms with Crippen molar-refractivity contribution in [1.82, 2.24) is 9.97 Å². The molecular formula is C13H13N5O3. The number of nitro benzene ring substituents is 1. The fraction of sp³-hybridized carbons (Fsp3) is 0.154. The van der Waals surface area contributed by atoms with Crippen molar-refractivity contribution in [2.24, 2.45) is 0 Å². The number of aromatic nitrogens is 2. The number of benzene rings is 1. The minimum absolute atomic E-state index is 0.0555. The first-order chi connectivity index (χ1) is 10.0. The van der Waals surface area contributed by atoms with Crippen molar-refractivity contribution >= 4 is 34.3 Å². The van der Waals surface area contributed by atoms with Gasteiger partial charge >= 0.3 is 0 Å². The molecule has 2 N–H and O–H groups in total. The van der Waals surface area contributed by atoms with E-state index in [0.29, 0.717) is 23.3 Å². The molecule has 1 amide bonds. The Morgan fingerprint density at radius 1 is 1.48 bits per heavy atom. The molecular weight excluding hydrogens is 274 g/mol. The molecule has 0 unspecified atom stereocenters. The molecule has 0 radical (unpaired) electrons. The Bertz CT molecular complexity index is 729. The van der Waals surface area contributed by atoms with Crippen molar-refractivity contribution < 1.29 is 9.72 Å². The standard InChI is InChI=1S/C13H13N5O3/c1-3-6-14-12-10-7-9(18(20)21)4-5-11(10)16-13(17-12)15-8(2)19/h3-5,7H,1,6H2,2H3,(H2,14,15,16,17,19). The number of nitro groups is 1. The zero-order valence-electron chi connectivity index (χ0n) is 11.3. The van der Waals surface area contributed by atoms with Crippen molar-refractivity contribution in [1.29, 1.82) is 0 Å². The van der Waals surface area contributed by atoms with Gasteiger partial charge in [-0.15, -0.1) is 6.58 Å². The number of rotatable bonds is 5. The van der Waals surface area contributed by atoms with Gasteiger partial charge in [-0.3, -0.25) is 20.2 Å². The molecule has 0 saturated heterocycles. The zero-order valence-corrected chi connectivity index (χ0v) is 11.3. The van der Waals surface area contributed by atoms with Crippen LogP contribution >= 0.6 is 0 Å². The number of nitrogens with one attached hydrogen (secondary N) is 2. The lowest BCUT2D eigenvalue weighted by molar-refractivity contribution is -0.384. The molecule has 0 fully saturated rings. The van der Waals surface area contributed by atoms with Crippen LogP contribution in [0, 0.1) is 10.1 Å². The van der Waals surface area contributed by atoms with Gasteiger partial charge in [-0.25, -0.2) is 4.98 Å². The van der Waals surface area contributed by atoms with Crippen LogP contribution in [0.1, 0.15) is 6.92 Å². The van der Waals surface area contributed by atoms with Gasteiger partial charge in [-0.05, 0) is 6.07 Å². The van der Waals surface area contributed by atoms with Crippen molar-refractivity contribution in [3.63, 3.8) is 0 Å². The summed E-state index contributed by atoms with van der Waals surface area (Å²) in [7, 11) is 0. The molecule has 8 heteroatoms. The summed E-state index contributed by atoms with van der Waals surface area (Å²) in [5, 5.41) is 16.8. The molecule has 0 aliphatic heterocycles. The average molecular weight is 287 g/mol. The molecule has 2 aromatic rings. The minimum atomic E-state index is -0.488. The smallest absolute Gasteiger partial charge is 0.270 e. The monoisotopic (exact) mass is 287 g/mol. The van der Waals surface area contributed by atoms with Crippen LogP contribution in [-0.4, -0.2) is 27.3 Å². The molecule has 1 heterocycles. The number of nitrogens with zero attached hydrogens (tertiary/aromatic N) is 3. The quantitative estimate of drug-likeness (QED) is 0.495. The van der Waals surface area contributed by atoms with Crippen LogP contribution in [-0.2, 0) is 4.79 Å².